The topological polar surface area (TPSA) is 173 Å². The number of anilines is 5. The summed E-state index contributed by atoms with van der Waals surface area (Å²) in [5.41, 5.74) is 7.44. The van der Waals surface area contributed by atoms with Crippen LogP contribution in [-0.4, -0.2) is 95.6 Å². The third kappa shape index (κ3) is 7.76. The zero-order valence-electron chi connectivity index (χ0n) is 34.3. The van der Waals surface area contributed by atoms with Crippen molar-refractivity contribution < 1.29 is 26.1 Å². The number of hydrogen-bond acceptors (Lipinski definition) is 11. The highest BCUT2D eigenvalue weighted by molar-refractivity contribution is 7.91. The third-order valence-corrected chi connectivity index (χ3v) is 13.7. The van der Waals surface area contributed by atoms with E-state index in [1.807, 2.05) is 77.7 Å². The van der Waals surface area contributed by atoms with Crippen LogP contribution >= 0.6 is 0 Å². The van der Waals surface area contributed by atoms with E-state index in [1.165, 1.54) is 12.5 Å². The molecule has 5 heterocycles. The van der Waals surface area contributed by atoms with Crippen LogP contribution in [0, 0.1) is 0 Å². The van der Waals surface area contributed by atoms with Gasteiger partial charge in [-0.1, -0.05) is 42.5 Å². The number of pyridine rings is 2. The summed E-state index contributed by atoms with van der Waals surface area (Å²) >= 11 is 0. The molecule has 0 aliphatic carbocycles. The van der Waals surface area contributed by atoms with Crippen LogP contribution in [0.1, 0.15) is 18.5 Å². The number of rotatable bonds is 11. The Labute approximate surface area is 358 Å². The number of amides is 1. The molecule has 4 aromatic carbocycles. The van der Waals surface area contributed by atoms with Crippen LogP contribution in [-0.2, 0) is 24.5 Å². The summed E-state index contributed by atoms with van der Waals surface area (Å²) in [5.74, 6) is 0.713. The van der Waals surface area contributed by atoms with Crippen molar-refractivity contribution in [3.8, 4) is 22.3 Å². The molecule has 0 spiro atoms. The third-order valence-electron chi connectivity index (χ3n) is 11.5. The molecule has 0 radical (unpaired) electrons. The van der Waals surface area contributed by atoms with Crippen LogP contribution < -0.4 is 15.5 Å². The minimum Gasteiger partial charge on any atom is -0.323 e. The molecule has 9 rings (SSSR count). The number of sulfone groups is 2. The molecule has 2 unspecified atom stereocenters. The number of aromatic nitrogens is 6. The maximum absolute atomic E-state index is 14.7. The highest BCUT2D eigenvalue weighted by atomic mass is 32.2. The lowest BCUT2D eigenvalue weighted by Gasteiger charge is -2.47. The number of quaternary nitrogens is 1. The Balaban J connectivity index is 0.956. The molecule has 8 aromatic rings. The Morgan fingerprint density at radius 2 is 1.16 bits per heavy atom. The van der Waals surface area contributed by atoms with E-state index in [-0.39, 0.29) is 15.7 Å². The second kappa shape index (κ2) is 15.5. The highest BCUT2D eigenvalue weighted by Gasteiger charge is 2.46. The van der Waals surface area contributed by atoms with E-state index < -0.39 is 25.7 Å². The number of benzene rings is 4. The molecule has 1 aliphatic heterocycles. The molecule has 2 N–H and O–H groups in total. The maximum Gasteiger partial charge on any atom is 0.290 e. The fourth-order valence-electron chi connectivity index (χ4n) is 8.01. The summed E-state index contributed by atoms with van der Waals surface area (Å²) < 4.78 is 52.0. The lowest BCUT2D eigenvalue weighted by atomic mass is 9.97. The van der Waals surface area contributed by atoms with Gasteiger partial charge in [0.15, 0.2) is 37.0 Å². The van der Waals surface area contributed by atoms with E-state index in [4.69, 9.17) is 9.97 Å². The van der Waals surface area contributed by atoms with Crippen molar-refractivity contribution in [1.82, 2.24) is 29.2 Å². The van der Waals surface area contributed by atoms with Crippen molar-refractivity contribution in [2.75, 3.05) is 54.7 Å². The second-order valence-corrected chi connectivity index (χ2v) is 19.7. The van der Waals surface area contributed by atoms with Crippen molar-refractivity contribution in [1.29, 1.82) is 0 Å². The van der Waals surface area contributed by atoms with Gasteiger partial charge >= 0.3 is 0 Å². The maximum atomic E-state index is 14.7. The fraction of sp³-hybridized carbons (Fsp3) is 0.178. The summed E-state index contributed by atoms with van der Waals surface area (Å²) in [6, 6.07) is 35.9. The number of hydrogen-bond donors (Lipinski definition) is 2. The Morgan fingerprint density at radius 1 is 0.661 bits per heavy atom. The molecule has 2 atom stereocenters. The summed E-state index contributed by atoms with van der Waals surface area (Å²) in [7, 11) is -4.54. The first kappa shape index (κ1) is 40.5. The van der Waals surface area contributed by atoms with Gasteiger partial charge in [-0.2, -0.15) is 9.97 Å². The average molecular weight is 868 g/mol. The van der Waals surface area contributed by atoms with E-state index in [1.54, 1.807) is 70.0 Å². The van der Waals surface area contributed by atoms with Gasteiger partial charge in [-0.15, -0.1) is 10.2 Å². The van der Waals surface area contributed by atoms with Gasteiger partial charge in [-0.25, -0.2) is 25.9 Å². The first-order chi connectivity index (χ1) is 29.7. The van der Waals surface area contributed by atoms with Gasteiger partial charge in [0.05, 0.1) is 36.5 Å². The smallest absolute Gasteiger partial charge is 0.290 e. The van der Waals surface area contributed by atoms with E-state index in [2.05, 4.69) is 34.8 Å². The first-order valence-corrected chi connectivity index (χ1v) is 23.7. The molecule has 62 heavy (non-hydrogen) atoms. The monoisotopic (exact) mass is 867 g/mol. The molecule has 1 aliphatic rings. The number of nitrogens with zero attached hydrogens (tertiary/aromatic N) is 8. The van der Waals surface area contributed by atoms with Crippen LogP contribution in [0.5, 0.6) is 0 Å². The van der Waals surface area contributed by atoms with Crippen molar-refractivity contribution >= 4 is 65.8 Å². The summed E-state index contributed by atoms with van der Waals surface area (Å²) in [6.07, 6.45) is 5.97. The van der Waals surface area contributed by atoms with Crippen LogP contribution in [0.15, 0.2) is 144 Å². The zero-order chi connectivity index (χ0) is 43.4. The Hall–Kier alpha value is -6.95. The molecule has 1 fully saturated rings. The molecule has 17 heteroatoms. The molecule has 0 bridgehead atoms. The molecule has 1 amide bonds. The predicted molar refractivity (Wildman–Crippen MR) is 239 cm³/mol. The van der Waals surface area contributed by atoms with Crippen LogP contribution in [0.2, 0.25) is 0 Å². The quantitative estimate of drug-likeness (QED) is 0.129. The number of carbonyl (C=O) groups is 1. The fourth-order valence-corrected chi connectivity index (χ4v) is 9.27. The Kier molecular flexibility index (Phi) is 10.1. The van der Waals surface area contributed by atoms with Gasteiger partial charge in [0.2, 0.25) is 11.9 Å². The van der Waals surface area contributed by atoms with E-state index in [9.17, 15) is 21.6 Å². The Morgan fingerprint density at radius 3 is 1.66 bits per heavy atom. The summed E-state index contributed by atoms with van der Waals surface area (Å²) in [5, 5.41) is 16.0. The zero-order valence-corrected chi connectivity index (χ0v) is 36.0. The molecule has 0 saturated carbocycles. The number of fused-ring (bicyclic) bond motifs is 2. The number of likely N-dealkylation sites (N-methyl/N-ethyl adjacent to an activating group) is 1. The number of nitrogens with one attached hydrogen (secondary N) is 2. The van der Waals surface area contributed by atoms with Gasteiger partial charge in [0.25, 0.3) is 5.91 Å². The average Bonchev–Trinajstić information content (AvgIpc) is 3.87. The summed E-state index contributed by atoms with van der Waals surface area (Å²) in [4.78, 5) is 26.6. The van der Waals surface area contributed by atoms with E-state index in [0.717, 1.165) is 52.3 Å². The van der Waals surface area contributed by atoms with Gasteiger partial charge in [0.1, 0.15) is 0 Å². The lowest BCUT2D eigenvalue weighted by molar-refractivity contribution is -0.929. The van der Waals surface area contributed by atoms with E-state index in [0.29, 0.717) is 39.9 Å². The van der Waals surface area contributed by atoms with E-state index >= 15 is 0 Å². The molecular formula is C45H43N10O5S2+. The number of carbonyl (C=O) groups excluding carboxylic acids is 1. The largest absolute Gasteiger partial charge is 0.323 e. The standard InChI is InChI=1S/C45H43N10O5S2/c1-5-55(2)27-26-52(35-13-7-12-34(29-35)47-45-49-42-39(15-9-25-54(42)51-45)31-18-22-37(23-19-31)62(4,59)60)43(56)40(55)32-10-6-11-33(28-32)46-44-48-41-38(14-8-24-53(41)50-44)30-16-20-36(21-17-30)61(3,57)58/h6-25,28-29,40H,5,26-27H2,1-4H3,(H,46,50)(H,47,51)/q+1. The second-order valence-electron chi connectivity index (χ2n) is 15.7. The minimum absolute atomic E-state index is 0.0234. The molecule has 1 saturated heterocycles. The van der Waals surface area contributed by atoms with Crippen LogP contribution in [0.3, 0.4) is 0 Å². The Bertz CT molecular complexity index is 3240. The van der Waals surface area contributed by atoms with Crippen molar-refractivity contribution in [3.05, 3.63) is 139 Å². The molecular weight excluding hydrogens is 825 g/mol. The van der Waals surface area contributed by atoms with Gasteiger partial charge in [-0.05, 0) is 96.9 Å². The van der Waals surface area contributed by atoms with Crippen molar-refractivity contribution in [2.24, 2.45) is 0 Å². The van der Waals surface area contributed by atoms with Crippen molar-refractivity contribution in [2.45, 2.75) is 22.8 Å². The minimum atomic E-state index is -3.33. The van der Waals surface area contributed by atoms with Crippen LogP contribution in [0.4, 0.5) is 29.0 Å². The lowest BCUT2D eigenvalue weighted by Crippen LogP contribution is -2.61. The highest BCUT2D eigenvalue weighted by Crippen LogP contribution is 2.37. The van der Waals surface area contributed by atoms with Crippen molar-refractivity contribution in [3.63, 3.8) is 0 Å². The molecule has 4 aromatic heterocycles. The SMILES string of the molecule is CC[N+]1(C)CCN(c2cccc(Nc3nc4c(-c5ccc(S(C)(=O)=O)cc5)cccn4n3)c2)C(=O)C1c1cccc(Nc2nc3c(-c4ccc(S(C)(=O)=O)cc4)cccn3n2)c1. The molecule has 314 valence electrons. The summed E-state index contributed by atoms with van der Waals surface area (Å²) in [6.45, 7) is 4.11. The number of piperazine rings is 1. The molecule has 15 nitrogen and oxygen atoms in total. The normalized spacial score (nSPS) is 17.1. The van der Waals surface area contributed by atoms with Crippen LogP contribution in [0.25, 0.3) is 33.5 Å². The van der Waals surface area contributed by atoms with Gasteiger partial charge in [0, 0.05) is 58.7 Å². The first-order valence-electron chi connectivity index (χ1n) is 19.9. The van der Waals surface area contributed by atoms with Gasteiger partial charge < -0.3 is 20.0 Å². The predicted octanol–water partition coefficient (Wildman–Crippen LogP) is 6.95. The van der Waals surface area contributed by atoms with Gasteiger partial charge in [-0.3, -0.25) is 4.79 Å².